The molecule has 106 valence electrons. The van der Waals surface area contributed by atoms with Crippen LogP contribution >= 0.6 is 11.6 Å². The van der Waals surface area contributed by atoms with Gasteiger partial charge in [0.25, 0.3) is 0 Å². The molecule has 0 heterocycles. The fraction of sp³-hybridized carbons (Fsp3) is 0.600. The zero-order valence-corrected chi connectivity index (χ0v) is 12.1. The van der Waals surface area contributed by atoms with E-state index < -0.39 is 0 Å². The van der Waals surface area contributed by atoms with Crippen molar-refractivity contribution in [3.05, 3.63) is 28.8 Å². The molecule has 19 heavy (non-hydrogen) atoms. The predicted octanol–water partition coefficient (Wildman–Crippen LogP) is 3.08. The van der Waals surface area contributed by atoms with Crippen molar-refractivity contribution < 1.29 is 10.2 Å². The minimum Gasteiger partial charge on any atom is -0.508 e. The summed E-state index contributed by atoms with van der Waals surface area (Å²) in [6.45, 7) is 2.89. The molecule has 0 radical (unpaired) electrons. The van der Waals surface area contributed by atoms with Crippen molar-refractivity contribution in [2.24, 2.45) is 5.92 Å². The SMILES string of the molecule is CC1CCCC(CO)(NCc2cc(Cl)ccc2O)C1. The Morgan fingerprint density at radius 1 is 1.47 bits per heavy atom. The second-order valence-electron chi connectivity index (χ2n) is 5.77. The van der Waals surface area contributed by atoms with Crippen LogP contribution in [-0.2, 0) is 6.54 Å². The van der Waals surface area contributed by atoms with Crippen LogP contribution in [0, 0.1) is 5.92 Å². The smallest absolute Gasteiger partial charge is 0.120 e. The van der Waals surface area contributed by atoms with Crippen LogP contribution < -0.4 is 5.32 Å². The molecular weight excluding hydrogens is 262 g/mol. The molecule has 1 saturated carbocycles. The second kappa shape index (κ2) is 6.12. The van der Waals surface area contributed by atoms with Gasteiger partial charge in [0.2, 0.25) is 0 Å². The molecule has 2 rings (SSSR count). The highest BCUT2D eigenvalue weighted by Crippen LogP contribution is 2.32. The molecule has 1 aliphatic rings. The molecule has 0 aromatic heterocycles. The van der Waals surface area contributed by atoms with Gasteiger partial charge in [0, 0.05) is 22.7 Å². The van der Waals surface area contributed by atoms with Gasteiger partial charge in [-0.3, -0.25) is 0 Å². The number of aliphatic hydroxyl groups is 1. The van der Waals surface area contributed by atoms with Gasteiger partial charge in [-0.15, -0.1) is 0 Å². The first-order valence-electron chi connectivity index (χ1n) is 6.88. The number of phenols is 1. The molecule has 2 unspecified atom stereocenters. The molecule has 4 heteroatoms. The molecule has 0 spiro atoms. The number of aliphatic hydroxyl groups excluding tert-OH is 1. The Bertz CT molecular complexity index is 438. The first-order chi connectivity index (χ1) is 9.04. The first-order valence-corrected chi connectivity index (χ1v) is 7.26. The van der Waals surface area contributed by atoms with E-state index in [1.54, 1.807) is 18.2 Å². The molecule has 2 atom stereocenters. The molecule has 1 aromatic carbocycles. The summed E-state index contributed by atoms with van der Waals surface area (Å²) in [6, 6.07) is 5.04. The Kier molecular flexibility index (Phi) is 4.71. The lowest BCUT2D eigenvalue weighted by Crippen LogP contribution is -2.51. The third kappa shape index (κ3) is 3.62. The molecule has 0 aliphatic heterocycles. The maximum absolute atomic E-state index is 9.81. The summed E-state index contributed by atoms with van der Waals surface area (Å²) in [4.78, 5) is 0. The Balaban J connectivity index is 2.05. The number of benzene rings is 1. The first kappa shape index (κ1) is 14.6. The van der Waals surface area contributed by atoms with Crippen LogP contribution in [-0.4, -0.2) is 22.4 Å². The fourth-order valence-corrected chi connectivity index (χ4v) is 3.19. The Morgan fingerprint density at radius 3 is 2.95 bits per heavy atom. The van der Waals surface area contributed by atoms with E-state index >= 15 is 0 Å². The van der Waals surface area contributed by atoms with E-state index in [1.165, 1.54) is 6.42 Å². The van der Waals surface area contributed by atoms with Gasteiger partial charge in [0.05, 0.1) is 6.61 Å². The summed E-state index contributed by atoms with van der Waals surface area (Å²) in [5, 5.41) is 23.6. The Morgan fingerprint density at radius 2 is 2.26 bits per heavy atom. The van der Waals surface area contributed by atoms with E-state index in [1.807, 2.05) is 0 Å². The van der Waals surface area contributed by atoms with Crippen LogP contribution in [0.5, 0.6) is 5.75 Å². The molecule has 0 bridgehead atoms. The van der Waals surface area contributed by atoms with E-state index in [4.69, 9.17) is 11.6 Å². The maximum Gasteiger partial charge on any atom is 0.120 e. The summed E-state index contributed by atoms with van der Waals surface area (Å²) >= 11 is 5.94. The number of hydrogen-bond acceptors (Lipinski definition) is 3. The van der Waals surface area contributed by atoms with E-state index in [9.17, 15) is 10.2 Å². The third-order valence-corrected chi connectivity index (χ3v) is 4.32. The van der Waals surface area contributed by atoms with Crippen LogP contribution in [0.3, 0.4) is 0 Å². The summed E-state index contributed by atoms with van der Waals surface area (Å²) in [5.41, 5.74) is 0.561. The minimum absolute atomic E-state index is 0.138. The van der Waals surface area contributed by atoms with Crippen LogP contribution in [0.4, 0.5) is 0 Å². The van der Waals surface area contributed by atoms with E-state index in [0.29, 0.717) is 17.5 Å². The molecule has 1 aliphatic carbocycles. The summed E-state index contributed by atoms with van der Waals surface area (Å²) < 4.78 is 0. The normalized spacial score (nSPS) is 27.4. The molecule has 0 amide bonds. The van der Waals surface area contributed by atoms with Gasteiger partial charge < -0.3 is 15.5 Å². The topological polar surface area (TPSA) is 52.5 Å². The van der Waals surface area contributed by atoms with Crippen molar-refractivity contribution >= 4 is 11.6 Å². The average Bonchev–Trinajstić information content (AvgIpc) is 2.40. The van der Waals surface area contributed by atoms with Gasteiger partial charge in [-0.1, -0.05) is 31.4 Å². The van der Waals surface area contributed by atoms with Gasteiger partial charge in [-0.05, 0) is 37.0 Å². The zero-order chi connectivity index (χ0) is 13.9. The van der Waals surface area contributed by atoms with Crippen molar-refractivity contribution in [2.45, 2.75) is 44.7 Å². The number of phenolic OH excluding ortho intramolecular Hbond substituents is 1. The lowest BCUT2D eigenvalue weighted by atomic mass is 9.77. The zero-order valence-electron chi connectivity index (χ0n) is 11.3. The van der Waals surface area contributed by atoms with Crippen LogP contribution in [0.15, 0.2) is 18.2 Å². The molecule has 3 nitrogen and oxygen atoms in total. The fourth-order valence-electron chi connectivity index (χ4n) is 3.00. The highest BCUT2D eigenvalue weighted by Gasteiger charge is 2.33. The van der Waals surface area contributed by atoms with Crippen LogP contribution in [0.2, 0.25) is 5.02 Å². The van der Waals surface area contributed by atoms with Crippen LogP contribution in [0.1, 0.15) is 38.2 Å². The molecule has 0 saturated heterocycles. The summed E-state index contributed by atoms with van der Waals surface area (Å²) in [5.74, 6) is 0.871. The molecule has 1 fully saturated rings. The lowest BCUT2D eigenvalue weighted by Gasteiger charge is -2.39. The number of hydrogen-bond donors (Lipinski definition) is 3. The van der Waals surface area contributed by atoms with E-state index in [2.05, 4.69) is 12.2 Å². The van der Waals surface area contributed by atoms with Crippen molar-refractivity contribution in [1.29, 1.82) is 0 Å². The maximum atomic E-state index is 9.81. The van der Waals surface area contributed by atoms with Crippen molar-refractivity contribution in [3.63, 3.8) is 0 Å². The number of nitrogens with one attached hydrogen (secondary N) is 1. The predicted molar refractivity (Wildman–Crippen MR) is 77.4 cm³/mol. The Hall–Kier alpha value is -0.770. The van der Waals surface area contributed by atoms with Gasteiger partial charge >= 0.3 is 0 Å². The summed E-state index contributed by atoms with van der Waals surface area (Å²) in [7, 11) is 0. The summed E-state index contributed by atoms with van der Waals surface area (Å²) in [6.07, 6.45) is 4.32. The molecule has 1 aromatic rings. The third-order valence-electron chi connectivity index (χ3n) is 4.09. The standard InChI is InChI=1S/C15H22ClNO2/c1-11-3-2-6-15(8-11,10-18)17-9-12-7-13(16)4-5-14(12)19/h4-5,7,11,17-19H,2-3,6,8-10H2,1H3. The average molecular weight is 284 g/mol. The monoisotopic (exact) mass is 283 g/mol. The number of aromatic hydroxyl groups is 1. The largest absolute Gasteiger partial charge is 0.508 e. The quantitative estimate of drug-likeness (QED) is 0.796. The molecule has 3 N–H and O–H groups in total. The number of rotatable bonds is 4. The van der Waals surface area contributed by atoms with Gasteiger partial charge in [0.1, 0.15) is 5.75 Å². The van der Waals surface area contributed by atoms with Crippen molar-refractivity contribution in [3.8, 4) is 5.75 Å². The second-order valence-corrected chi connectivity index (χ2v) is 6.20. The van der Waals surface area contributed by atoms with Crippen molar-refractivity contribution in [2.75, 3.05) is 6.61 Å². The lowest BCUT2D eigenvalue weighted by molar-refractivity contribution is 0.0980. The highest BCUT2D eigenvalue weighted by atomic mass is 35.5. The molecular formula is C15H22ClNO2. The van der Waals surface area contributed by atoms with Gasteiger partial charge in [-0.25, -0.2) is 0 Å². The van der Waals surface area contributed by atoms with E-state index in [-0.39, 0.29) is 17.9 Å². The number of halogens is 1. The van der Waals surface area contributed by atoms with Gasteiger partial charge in [0.15, 0.2) is 0 Å². The Labute approximate surface area is 119 Å². The van der Waals surface area contributed by atoms with Crippen molar-refractivity contribution in [1.82, 2.24) is 5.32 Å². The van der Waals surface area contributed by atoms with Crippen LogP contribution in [0.25, 0.3) is 0 Å². The van der Waals surface area contributed by atoms with E-state index in [0.717, 1.165) is 24.8 Å². The highest BCUT2D eigenvalue weighted by molar-refractivity contribution is 6.30. The minimum atomic E-state index is -0.216. The van der Waals surface area contributed by atoms with Gasteiger partial charge in [-0.2, -0.15) is 0 Å².